The zero-order chi connectivity index (χ0) is 22.3. The van der Waals surface area contributed by atoms with Gasteiger partial charge >= 0.3 is 0 Å². The van der Waals surface area contributed by atoms with Crippen molar-refractivity contribution in [3.63, 3.8) is 0 Å². The summed E-state index contributed by atoms with van der Waals surface area (Å²) in [4.78, 5) is 13.5. The normalized spacial score (nSPS) is 32.4. The Morgan fingerprint density at radius 3 is 2.10 bits per heavy atom. The molecule has 7 nitrogen and oxygen atoms in total. The molecule has 0 aromatic heterocycles. The van der Waals surface area contributed by atoms with Gasteiger partial charge in [-0.25, -0.2) is 0 Å². The Balaban J connectivity index is 2.31. The van der Waals surface area contributed by atoms with Crippen molar-refractivity contribution in [2.75, 3.05) is 35.5 Å². The highest BCUT2D eigenvalue weighted by molar-refractivity contribution is 6.04. The summed E-state index contributed by atoms with van der Waals surface area (Å²) >= 11 is 0. The van der Waals surface area contributed by atoms with Gasteiger partial charge in [-0.3, -0.25) is 4.79 Å². The highest BCUT2D eigenvalue weighted by atomic mass is 16.5. The van der Waals surface area contributed by atoms with Crippen molar-refractivity contribution in [1.29, 1.82) is 0 Å². The number of Topliss-reactive ketones (excluding diaryl/α,β-unsaturated/α-hetero) is 1. The van der Waals surface area contributed by atoms with E-state index in [2.05, 4.69) is 6.58 Å². The molecule has 1 aromatic rings. The molecule has 7 heteroatoms. The predicted molar refractivity (Wildman–Crippen MR) is 111 cm³/mol. The SMILES string of the molecule is C=CC[C@@]12C=C(OC)C(=O)[C@@](OC)([C@@H](c3cc(OC)c(OC)c(OC)c3)[C@@H]1C)[C@H]2O. The lowest BCUT2D eigenvalue weighted by molar-refractivity contribution is -0.162. The molecule has 0 saturated heterocycles. The third-order valence-electron chi connectivity index (χ3n) is 6.81. The van der Waals surface area contributed by atoms with Crippen molar-refractivity contribution in [2.45, 2.75) is 31.0 Å². The van der Waals surface area contributed by atoms with Crippen LogP contribution >= 0.6 is 0 Å². The molecule has 1 N–H and O–H groups in total. The monoisotopic (exact) mass is 418 g/mol. The van der Waals surface area contributed by atoms with E-state index in [1.165, 1.54) is 35.5 Å². The molecule has 1 fully saturated rings. The second kappa shape index (κ2) is 7.96. The first kappa shape index (κ1) is 22.2. The molecule has 2 aliphatic carbocycles. The van der Waals surface area contributed by atoms with Gasteiger partial charge in [0.2, 0.25) is 11.5 Å². The second-order valence-corrected chi connectivity index (χ2v) is 7.77. The highest BCUT2D eigenvalue weighted by Crippen LogP contribution is 2.64. The van der Waals surface area contributed by atoms with Crippen molar-refractivity contribution < 1.29 is 33.6 Å². The van der Waals surface area contributed by atoms with Crippen LogP contribution in [0.25, 0.3) is 0 Å². The van der Waals surface area contributed by atoms with Crippen molar-refractivity contribution in [3.05, 3.63) is 42.2 Å². The van der Waals surface area contributed by atoms with Crippen LogP contribution in [0.1, 0.15) is 24.8 Å². The van der Waals surface area contributed by atoms with Gasteiger partial charge in [0.15, 0.2) is 22.9 Å². The Bertz CT molecular complexity index is 851. The molecular formula is C23H30O7. The minimum atomic E-state index is -1.52. The van der Waals surface area contributed by atoms with Crippen LogP contribution in [0, 0.1) is 11.3 Å². The van der Waals surface area contributed by atoms with Gasteiger partial charge < -0.3 is 28.8 Å². The topological polar surface area (TPSA) is 83.5 Å². The summed E-state index contributed by atoms with van der Waals surface area (Å²) in [6, 6.07) is 3.61. The van der Waals surface area contributed by atoms with E-state index >= 15 is 0 Å². The zero-order valence-electron chi connectivity index (χ0n) is 18.4. The lowest BCUT2D eigenvalue weighted by Crippen LogP contribution is -2.57. The fraction of sp³-hybridized carbons (Fsp3) is 0.522. The number of allylic oxidation sites excluding steroid dienone is 1. The minimum Gasteiger partial charge on any atom is -0.493 e. The molecule has 2 aliphatic rings. The van der Waals surface area contributed by atoms with Crippen LogP contribution in [-0.2, 0) is 14.3 Å². The molecule has 0 heterocycles. The Morgan fingerprint density at radius 1 is 1.07 bits per heavy atom. The summed E-state index contributed by atoms with van der Waals surface area (Å²) in [5, 5.41) is 11.5. The van der Waals surface area contributed by atoms with E-state index in [9.17, 15) is 9.90 Å². The third kappa shape index (κ3) is 2.68. The van der Waals surface area contributed by atoms with Gasteiger partial charge in [0.1, 0.15) is 6.10 Å². The fourth-order valence-electron chi connectivity index (χ4n) is 5.38. The summed E-state index contributed by atoms with van der Waals surface area (Å²) in [6.07, 6.45) is 2.86. The van der Waals surface area contributed by atoms with Crippen LogP contribution in [0.5, 0.6) is 17.2 Å². The summed E-state index contributed by atoms with van der Waals surface area (Å²) in [6.45, 7) is 5.87. The van der Waals surface area contributed by atoms with E-state index in [1.54, 1.807) is 24.3 Å². The van der Waals surface area contributed by atoms with Crippen molar-refractivity contribution in [1.82, 2.24) is 0 Å². The average Bonchev–Trinajstić information content (AvgIpc) is 2.89. The van der Waals surface area contributed by atoms with Gasteiger partial charge in [-0.15, -0.1) is 6.58 Å². The smallest absolute Gasteiger partial charge is 0.232 e. The predicted octanol–water partition coefficient (Wildman–Crippen LogP) is 2.87. The Hall–Kier alpha value is -2.51. The lowest BCUT2D eigenvalue weighted by atomic mass is 9.70. The quantitative estimate of drug-likeness (QED) is 0.650. The molecule has 0 radical (unpaired) electrons. The molecule has 5 atom stereocenters. The number of hydrogen-bond donors (Lipinski definition) is 1. The first-order valence-corrected chi connectivity index (χ1v) is 9.78. The number of ketones is 1. The number of carbonyl (C=O) groups excluding carboxylic acids is 1. The van der Waals surface area contributed by atoms with Gasteiger partial charge in [-0.2, -0.15) is 0 Å². The van der Waals surface area contributed by atoms with Crippen molar-refractivity contribution >= 4 is 5.78 Å². The van der Waals surface area contributed by atoms with E-state index in [0.29, 0.717) is 23.7 Å². The fourth-order valence-corrected chi connectivity index (χ4v) is 5.38. The molecular weight excluding hydrogens is 388 g/mol. The van der Waals surface area contributed by atoms with E-state index in [0.717, 1.165) is 5.56 Å². The van der Waals surface area contributed by atoms with Gasteiger partial charge in [0.25, 0.3) is 0 Å². The number of aliphatic hydroxyl groups is 1. The van der Waals surface area contributed by atoms with E-state index in [-0.39, 0.29) is 17.5 Å². The highest BCUT2D eigenvalue weighted by Gasteiger charge is 2.72. The minimum absolute atomic E-state index is 0.186. The molecule has 1 saturated carbocycles. The third-order valence-corrected chi connectivity index (χ3v) is 6.81. The number of benzene rings is 1. The Kier molecular flexibility index (Phi) is 5.89. The summed E-state index contributed by atoms with van der Waals surface area (Å²) in [5.74, 6) is 0.492. The second-order valence-electron chi connectivity index (χ2n) is 7.77. The number of methoxy groups -OCH3 is 5. The van der Waals surface area contributed by atoms with E-state index in [4.69, 9.17) is 23.7 Å². The first-order valence-electron chi connectivity index (χ1n) is 9.78. The van der Waals surface area contributed by atoms with Gasteiger partial charge in [0.05, 0.1) is 28.4 Å². The summed E-state index contributed by atoms with van der Waals surface area (Å²) in [5.41, 5.74) is -1.56. The molecule has 0 aliphatic heterocycles. The number of carbonyl (C=O) groups is 1. The summed E-state index contributed by atoms with van der Waals surface area (Å²) < 4.78 is 27.7. The van der Waals surface area contributed by atoms with Crippen LogP contribution < -0.4 is 14.2 Å². The largest absolute Gasteiger partial charge is 0.493 e. The maximum Gasteiger partial charge on any atom is 0.232 e. The van der Waals surface area contributed by atoms with Gasteiger partial charge in [-0.05, 0) is 36.1 Å². The Labute approximate surface area is 177 Å². The van der Waals surface area contributed by atoms with Crippen LogP contribution in [0.15, 0.2) is 36.6 Å². The maximum absolute atomic E-state index is 13.5. The molecule has 3 rings (SSSR count). The number of aliphatic hydroxyl groups excluding tert-OH is 1. The molecule has 164 valence electrons. The summed E-state index contributed by atoms with van der Waals surface area (Å²) in [7, 11) is 7.50. The van der Waals surface area contributed by atoms with Crippen LogP contribution in [0.4, 0.5) is 0 Å². The van der Waals surface area contributed by atoms with Crippen LogP contribution in [-0.4, -0.2) is 58.1 Å². The van der Waals surface area contributed by atoms with Gasteiger partial charge in [-0.1, -0.05) is 13.0 Å². The number of hydrogen-bond acceptors (Lipinski definition) is 7. The molecule has 0 unspecified atom stereocenters. The van der Waals surface area contributed by atoms with Crippen molar-refractivity contribution in [3.8, 4) is 17.2 Å². The van der Waals surface area contributed by atoms with Gasteiger partial charge in [0, 0.05) is 18.4 Å². The van der Waals surface area contributed by atoms with Crippen LogP contribution in [0.3, 0.4) is 0 Å². The molecule has 2 bridgehead atoms. The van der Waals surface area contributed by atoms with Crippen molar-refractivity contribution in [2.24, 2.45) is 11.3 Å². The molecule has 0 amide bonds. The maximum atomic E-state index is 13.5. The number of fused-ring (bicyclic) bond motifs is 2. The Morgan fingerprint density at radius 2 is 1.67 bits per heavy atom. The average molecular weight is 418 g/mol. The van der Waals surface area contributed by atoms with E-state index in [1.807, 2.05) is 6.92 Å². The number of rotatable bonds is 8. The first-order chi connectivity index (χ1) is 14.3. The standard InChI is InChI=1S/C23H30O7/c1-8-9-22-12-17(28-5)20(24)23(30-7,21(22)25)18(13(22)2)14-10-15(26-3)19(29-6)16(11-14)27-4/h8,10-13,18,21,25H,1,9H2,2-7H3/t13-,18+,21-,22+,23-/m0/s1. The zero-order valence-corrected chi connectivity index (χ0v) is 18.4. The lowest BCUT2D eigenvalue weighted by Gasteiger charge is -2.41. The van der Waals surface area contributed by atoms with Crippen LogP contribution in [0.2, 0.25) is 0 Å². The van der Waals surface area contributed by atoms with E-state index < -0.39 is 23.0 Å². The molecule has 30 heavy (non-hydrogen) atoms. The molecule has 0 spiro atoms. The number of ether oxygens (including phenoxy) is 5. The molecule has 1 aromatic carbocycles.